The summed E-state index contributed by atoms with van der Waals surface area (Å²) in [6.45, 7) is 18.7. The topological polar surface area (TPSA) is 26.3 Å². The van der Waals surface area contributed by atoms with Crippen LogP contribution in [0.1, 0.15) is 88.6 Å². The van der Waals surface area contributed by atoms with Crippen molar-refractivity contribution in [3.63, 3.8) is 0 Å². The number of aryl methyl sites for hydroxylation is 4. The van der Waals surface area contributed by atoms with Crippen LogP contribution in [-0.2, 0) is 33.2 Å². The standard InChI is InChI=1S/2C23H21O.C2H6Si.2ClH.Zr/c2*1-4-20-15(2)12-18-13-19(22-11-10-16(3)24-22)14-21(18)23(20)17-8-6-5-7-9-17;1-3-2;;;/h2*5-14H,4H2,1-3H3;1-2H3;2*1H;/q;;;;;+2/p-2. The van der Waals surface area contributed by atoms with E-state index in [1.54, 1.807) is 0 Å². The first kappa shape index (κ1) is 40.3. The monoisotopic (exact) mass is 844 g/mol. The second kappa shape index (κ2) is 16.4. The van der Waals surface area contributed by atoms with Crippen LogP contribution in [0.4, 0.5) is 0 Å². The molecule has 2 heterocycles. The Bertz CT molecular complexity index is 2280. The maximum absolute atomic E-state index is 6.61. The molecule has 0 bridgehead atoms. The Morgan fingerprint density at radius 2 is 0.944 bits per heavy atom. The van der Waals surface area contributed by atoms with E-state index in [0.29, 0.717) is 7.25 Å². The average Bonchev–Trinajstić information content (AvgIpc) is 3.94. The van der Waals surface area contributed by atoms with Gasteiger partial charge in [-0.25, -0.2) is 0 Å². The van der Waals surface area contributed by atoms with Gasteiger partial charge in [0.1, 0.15) is 0 Å². The fraction of sp³-hybridized carbons (Fsp3) is 0.250. The molecule has 2 aromatic heterocycles. The van der Waals surface area contributed by atoms with Gasteiger partial charge in [0.2, 0.25) is 0 Å². The van der Waals surface area contributed by atoms with Gasteiger partial charge in [0.05, 0.1) is 0 Å². The second-order valence-corrected chi connectivity index (χ2v) is 32.7. The van der Waals surface area contributed by atoms with Gasteiger partial charge in [-0.2, -0.15) is 0 Å². The van der Waals surface area contributed by atoms with Crippen LogP contribution >= 0.6 is 0 Å². The molecule has 4 aromatic carbocycles. The zero-order chi connectivity index (χ0) is 36.3. The molecular formula is C48H48Cl2O2SiZr. The van der Waals surface area contributed by atoms with Crippen LogP contribution in [0.15, 0.2) is 106 Å². The number of allylic oxidation sites excluding steroid dienone is 2. The normalized spacial score (nSPS) is 15.3. The van der Waals surface area contributed by atoms with Crippen molar-refractivity contribution >= 4 is 28.7 Å². The smallest absolute Gasteiger partial charge is 1.00 e. The van der Waals surface area contributed by atoms with Crippen LogP contribution in [0.5, 0.6) is 0 Å². The maximum atomic E-state index is 6.61. The number of hydrogen-bond donors (Lipinski definition) is 0. The van der Waals surface area contributed by atoms with Crippen LogP contribution in [-0.4, -0.2) is 5.43 Å². The van der Waals surface area contributed by atoms with E-state index in [2.05, 4.69) is 164 Å². The van der Waals surface area contributed by atoms with Crippen molar-refractivity contribution in [1.82, 2.24) is 0 Å². The summed E-state index contributed by atoms with van der Waals surface area (Å²) < 4.78 is 13.9. The van der Waals surface area contributed by atoms with Gasteiger partial charge in [0, 0.05) is 0 Å². The number of rotatable bonds is 8. The molecule has 6 aromatic rings. The number of fused-ring (bicyclic) bond motifs is 2. The summed E-state index contributed by atoms with van der Waals surface area (Å²) >= 11 is -2.67. The molecule has 2 atom stereocenters. The first-order valence-electron chi connectivity index (χ1n) is 18.9. The summed E-state index contributed by atoms with van der Waals surface area (Å²) in [5, 5.41) is 0. The van der Waals surface area contributed by atoms with Gasteiger partial charge < -0.3 is 24.8 Å². The second-order valence-electron chi connectivity index (χ2n) is 14.9. The van der Waals surface area contributed by atoms with Gasteiger partial charge in [0.15, 0.2) is 0 Å². The molecule has 0 amide bonds. The van der Waals surface area contributed by atoms with E-state index >= 15 is 0 Å². The van der Waals surface area contributed by atoms with Gasteiger partial charge >= 0.3 is 320 Å². The Kier molecular flexibility index (Phi) is 12.2. The van der Waals surface area contributed by atoms with E-state index in [1.807, 2.05) is 0 Å². The minimum Gasteiger partial charge on any atom is -1.00 e. The molecule has 0 N–H and O–H groups in total. The number of benzene rings is 4. The van der Waals surface area contributed by atoms with Crippen molar-refractivity contribution in [2.75, 3.05) is 0 Å². The molecule has 8 rings (SSSR count). The van der Waals surface area contributed by atoms with Crippen molar-refractivity contribution in [3.05, 3.63) is 165 Å². The summed E-state index contributed by atoms with van der Waals surface area (Å²) in [6, 6.07) is 36.1. The van der Waals surface area contributed by atoms with Gasteiger partial charge in [-0.05, 0) is 0 Å². The summed E-state index contributed by atoms with van der Waals surface area (Å²) in [6.07, 6.45) is 7.09. The molecule has 0 spiro atoms. The molecule has 2 aliphatic carbocycles. The molecule has 0 fully saturated rings. The average molecular weight is 847 g/mol. The van der Waals surface area contributed by atoms with Crippen LogP contribution in [0.25, 0.3) is 45.6 Å². The van der Waals surface area contributed by atoms with Crippen LogP contribution in [0.2, 0.25) is 13.1 Å². The third kappa shape index (κ3) is 6.87. The van der Waals surface area contributed by atoms with Gasteiger partial charge in [0.25, 0.3) is 0 Å². The molecule has 2 unspecified atom stereocenters. The molecule has 2 aliphatic rings. The Morgan fingerprint density at radius 1 is 0.556 bits per heavy atom. The van der Waals surface area contributed by atoms with E-state index in [1.165, 1.54) is 77.9 Å². The van der Waals surface area contributed by atoms with Crippen LogP contribution in [0.3, 0.4) is 0 Å². The van der Waals surface area contributed by atoms with Gasteiger partial charge in [-0.3, -0.25) is 0 Å². The van der Waals surface area contributed by atoms with Gasteiger partial charge in [-0.1, -0.05) is 0 Å². The third-order valence-corrected chi connectivity index (χ3v) is 30.6. The first-order valence-corrected chi connectivity index (χ1v) is 27.9. The molecule has 54 heavy (non-hydrogen) atoms. The molecule has 2 nitrogen and oxygen atoms in total. The predicted octanol–water partition coefficient (Wildman–Crippen LogP) is 7.33. The summed E-state index contributed by atoms with van der Waals surface area (Å²) in [5.74, 6) is 4.01. The zero-order valence-electron chi connectivity index (χ0n) is 32.5. The summed E-state index contributed by atoms with van der Waals surface area (Å²) in [4.78, 5) is 0. The van der Waals surface area contributed by atoms with Gasteiger partial charge in [-0.15, -0.1) is 0 Å². The number of hydrogen-bond acceptors (Lipinski definition) is 2. The maximum Gasteiger partial charge on any atom is -1.00 e. The Labute approximate surface area is 341 Å². The molecule has 0 aliphatic heterocycles. The fourth-order valence-corrected chi connectivity index (χ4v) is 29.0. The van der Waals surface area contributed by atoms with E-state index in [9.17, 15) is 0 Å². The summed E-state index contributed by atoms with van der Waals surface area (Å²) in [7, 11) is 0. The van der Waals surface area contributed by atoms with E-state index in [0.717, 1.165) is 35.9 Å². The predicted molar refractivity (Wildman–Crippen MR) is 218 cm³/mol. The summed E-state index contributed by atoms with van der Waals surface area (Å²) in [5.41, 5.74) is 19.0. The van der Waals surface area contributed by atoms with E-state index < -0.39 is 25.8 Å². The molecule has 274 valence electrons. The Morgan fingerprint density at radius 3 is 1.26 bits per heavy atom. The number of furan rings is 2. The first-order chi connectivity index (χ1) is 25.2. The molecule has 0 saturated carbocycles. The SMILES string of the molecule is CCc1c(C)cc2c(c1-c1ccccc1)C=C(c1ccc(C)o1)[CH]2[Zr+2]([CH]1C(c2ccc(C)o2)=Cc2c1cc(C)c(CC)c2-c1ccccc1)=[Si](C)C.[Cl-].[Cl-]. The zero-order valence-corrected chi connectivity index (χ0v) is 37.5. The van der Waals surface area contributed by atoms with Crippen molar-refractivity contribution in [3.8, 4) is 22.3 Å². The third-order valence-electron chi connectivity index (χ3n) is 11.4. The fourth-order valence-electron chi connectivity index (χ4n) is 9.21. The minimum absolute atomic E-state index is 0. The van der Waals surface area contributed by atoms with Crippen molar-refractivity contribution in [2.45, 2.75) is 74.7 Å². The minimum atomic E-state index is -2.67. The van der Waals surface area contributed by atoms with Crippen molar-refractivity contribution < 1.29 is 54.0 Å². The molecule has 0 radical (unpaired) electrons. The van der Waals surface area contributed by atoms with Crippen molar-refractivity contribution in [1.29, 1.82) is 0 Å². The van der Waals surface area contributed by atoms with E-state index in [4.69, 9.17) is 8.83 Å². The quantitative estimate of drug-likeness (QED) is 0.150. The molecular weight excluding hydrogens is 799 g/mol. The Balaban J connectivity index is 0.00000249. The van der Waals surface area contributed by atoms with Crippen LogP contribution in [0, 0.1) is 27.7 Å². The van der Waals surface area contributed by atoms with Crippen molar-refractivity contribution in [2.24, 2.45) is 0 Å². The molecule has 6 heteroatoms. The Hall–Kier alpha value is -3.40. The van der Waals surface area contributed by atoms with Crippen LogP contribution < -0.4 is 24.8 Å². The van der Waals surface area contributed by atoms with E-state index in [-0.39, 0.29) is 24.8 Å². The largest absolute Gasteiger partial charge is 1.00 e. The molecule has 0 saturated heterocycles. The number of halogens is 2.